The molecule has 8 heteroatoms. The first-order chi connectivity index (χ1) is 9.29. The Morgan fingerprint density at radius 3 is 2.50 bits per heavy atom. The highest BCUT2D eigenvalue weighted by atomic mass is 19.4. The van der Waals surface area contributed by atoms with Crippen molar-refractivity contribution in [1.29, 1.82) is 0 Å². The molecule has 108 valence electrons. The molecule has 2 rings (SSSR count). The smallest absolute Gasteiger partial charge is 0.439 e. The maximum Gasteiger partial charge on any atom is 0.439 e. The molecule has 0 spiro atoms. The number of carbonyl (C=O) groups is 1. The Labute approximate surface area is 112 Å². The van der Waals surface area contributed by atoms with Crippen LogP contribution in [0.2, 0.25) is 0 Å². The summed E-state index contributed by atoms with van der Waals surface area (Å²) in [7, 11) is 0.912. The largest absolute Gasteiger partial charge is 0.451 e. The first kappa shape index (κ1) is 14.3. The number of halogens is 3. The topological polar surface area (TPSA) is 62.1 Å². The van der Waals surface area contributed by atoms with E-state index in [2.05, 4.69) is 9.84 Å². The van der Waals surface area contributed by atoms with Gasteiger partial charge in [0.1, 0.15) is 0 Å². The number of ether oxygens (including phenoxy) is 1. The van der Waals surface area contributed by atoms with Gasteiger partial charge in [-0.05, 0) is 5.56 Å². The van der Waals surface area contributed by atoms with Crippen LogP contribution in [0.3, 0.4) is 0 Å². The van der Waals surface area contributed by atoms with Crippen molar-refractivity contribution in [2.24, 2.45) is 5.10 Å². The van der Waals surface area contributed by atoms with Gasteiger partial charge in [-0.15, -0.1) is 0 Å². The van der Waals surface area contributed by atoms with Gasteiger partial charge in [0.05, 0.1) is 19.2 Å². The highest BCUT2D eigenvalue weighted by Crippen LogP contribution is 2.41. The molecule has 1 atom stereocenters. The molecule has 0 saturated carbocycles. The highest BCUT2D eigenvalue weighted by molar-refractivity contribution is 6.03. The van der Waals surface area contributed by atoms with Gasteiger partial charge in [-0.2, -0.15) is 23.3 Å². The number of carbonyl (C=O) groups excluding carboxylic acids is 1. The Bertz CT molecular complexity index is 545. The molecule has 0 saturated heterocycles. The number of methoxy groups -OCH3 is 1. The lowest BCUT2D eigenvalue weighted by Crippen LogP contribution is -2.56. The summed E-state index contributed by atoms with van der Waals surface area (Å²) in [5, 5.41) is 13.3. The van der Waals surface area contributed by atoms with Crippen molar-refractivity contribution < 1.29 is 27.8 Å². The van der Waals surface area contributed by atoms with Crippen molar-refractivity contribution in [3.05, 3.63) is 35.9 Å². The lowest BCUT2D eigenvalue weighted by atomic mass is 10.0. The highest BCUT2D eigenvalue weighted by Gasteiger charge is 2.63. The minimum absolute atomic E-state index is 0.0455. The van der Waals surface area contributed by atoms with Crippen LogP contribution in [0.4, 0.5) is 18.0 Å². The number of benzene rings is 1. The van der Waals surface area contributed by atoms with Gasteiger partial charge in [0.15, 0.2) is 0 Å². The van der Waals surface area contributed by atoms with E-state index in [4.69, 9.17) is 0 Å². The number of nitrogens with zero attached hydrogens (tertiary/aromatic N) is 2. The fourth-order valence-electron chi connectivity index (χ4n) is 1.84. The number of hydrogen-bond donors (Lipinski definition) is 1. The summed E-state index contributed by atoms with van der Waals surface area (Å²) in [6.45, 7) is 0. The standard InChI is InChI=1S/C12H11F3N2O3/c1-20-10(18)17-11(19,12(13,14)15)7-9(16-17)8-5-3-2-4-6-8/h2-6,19H,7H2,1H3/t11-/m1/s1. The second-order valence-electron chi connectivity index (χ2n) is 4.19. The summed E-state index contributed by atoms with van der Waals surface area (Å²) in [4.78, 5) is 11.4. The maximum atomic E-state index is 13.0. The molecular weight excluding hydrogens is 277 g/mol. The van der Waals surface area contributed by atoms with E-state index in [-0.39, 0.29) is 10.7 Å². The van der Waals surface area contributed by atoms with Gasteiger partial charge in [0.2, 0.25) is 0 Å². The fourth-order valence-corrected chi connectivity index (χ4v) is 1.84. The quantitative estimate of drug-likeness (QED) is 0.861. The zero-order valence-electron chi connectivity index (χ0n) is 10.4. The van der Waals surface area contributed by atoms with E-state index in [0.29, 0.717) is 5.56 Å². The minimum Gasteiger partial charge on any atom is -0.451 e. The van der Waals surface area contributed by atoms with Crippen molar-refractivity contribution in [1.82, 2.24) is 5.01 Å². The molecule has 1 aromatic carbocycles. The Hall–Kier alpha value is -2.09. The molecule has 0 fully saturated rings. The van der Waals surface area contributed by atoms with Crippen molar-refractivity contribution in [3.8, 4) is 0 Å². The molecule has 1 aliphatic heterocycles. The van der Waals surface area contributed by atoms with Gasteiger partial charge in [0.25, 0.3) is 5.72 Å². The second-order valence-corrected chi connectivity index (χ2v) is 4.19. The van der Waals surface area contributed by atoms with Gasteiger partial charge in [-0.1, -0.05) is 30.3 Å². The van der Waals surface area contributed by atoms with E-state index in [1.165, 1.54) is 12.1 Å². The molecule has 1 aliphatic rings. The molecule has 0 aromatic heterocycles. The monoisotopic (exact) mass is 288 g/mol. The Morgan fingerprint density at radius 2 is 2.00 bits per heavy atom. The van der Waals surface area contributed by atoms with Crippen molar-refractivity contribution in [2.45, 2.75) is 18.3 Å². The molecule has 1 N–H and O–H groups in total. The van der Waals surface area contributed by atoms with Gasteiger partial charge in [-0.3, -0.25) is 0 Å². The number of aliphatic hydroxyl groups is 1. The number of hydrogen-bond acceptors (Lipinski definition) is 4. The number of rotatable bonds is 1. The summed E-state index contributed by atoms with van der Waals surface area (Å²) < 4.78 is 43.3. The van der Waals surface area contributed by atoms with E-state index in [9.17, 15) is 23.1 Å². The molecule has 20 heavy (non-hydrogen) atoms. The molecule has 0 radical (unpaired) electrons. The van der Waals surface area contributed by atoms with Gasteiger partial charge in [-0.25, -0.2) is 4.79 Å². The normalized spacial score (nSPS) is 22.6. The lowest BCUT2D eigenvalue weighted by molar-refractivity contribution is -0.299. The van der Waals surface area contributed by atoms with E-state index in [0.717, 1.165) is 7.11 Å². The van der Waals surface area contributed by atoms with Crippen LogP contribution in [0, 0.1) is 0 Å². The van der Waals surface area contributed by atoms with Crippen LogP contribution in [0.5, 0.6) is 0 Å². The average molecular weight is 288 g/mol. The zero-order valence-corrected chi connectivity index (χ0v) is 10.4. The molecule has 1 heterocycles. The van der Waals surface area contributed by atoms with Crippen molar-refractivity contribution in [3.63, 3.8) is 0 Å². The summed E-state index contributed by atoms with van der Waals surface area (Å²) in [5.41, 5.74) is -3.05. The maximum absolute atomic E-state index is 13.0. The fraction of sp³-hybridized carbons (Fsp3) is 0.333. The van der Waals surface area contributed by atoms with E-state index in [1.807, 2.05) is 0 Å². The number of hydrazone groups is 1. The Balaban J connectivity index is 2.43. The summed E-state index contributed by atoms with van der Waals surface area (Å²) in [6, 6.07) is 8.00. The molecule has 0 aliphatic carbocycles. The molecule has 5 nitrogen and oxygen atoms in total. The Morgan fingerprint density at radius 1 is 1.40 bits per heavy atom. The first-order valence-corrected chi connectivity index (χ1v) is 5.60. The third-order valence-electron chi connectivity index (χ3n) is 2.89. The number of amides is 1. The summed E-state index contributed by atoms with van der Waals surface area (Å²) in [6.07, 6.45) is -7.28. The summed E-state index contributed by atoms with van der Waals surface area (Å²) in [5.74, 6) is 0. The van der Waals surface area contributed by atoms with Crippen LogP contribution in [0.25, 0.3) is 0 Å². The van der Waals surface area contributed by atoms with E-state index < -0.39 is 24.4 Å². The van der Waals surface area contributed by atoms with Crippen LogP contribution in [0.1, 0.15) is 12.0 Å². The summed E-state index contributed by atoms with van der Waals surface area (Å²) >= 11 is 0. The predicted octanol–water partition coefficient (Wildman–Crippen LogP) is 2.11. The van der Waals surface area contributed by atoms with Gasteiger partial charge >= 0.3 is 12.3 Å². The average Bonchev–Trinajstić information content (AvgIpc) is 2.78. The molecule has 0 bridgehead atoms. The van der Waals surface area contributed by atoms with Crippen molar-refractivity contribution >= 4 is 11.8 Å². The minimum atomic E-state index is -5.05. The SMILES string of the molecule is COC(=O)N1N=C(c2ccccc2)C[C@@]1(O)C(F)(F)F. The van der Waals surface area contributed by atoms with Crippen LogP contribution in [-0.4, -0.2) is 40.9 Å². The van der Waals surface area contributed by atoms with Gasteiger partial charge < -0.3 is 9.84 Å². The van der Waals surface area contributed by atoms with E-state index >= 15 is 0 Å². The lowest BCUT2D eigenvalue weighted by Gasteiger charge is -2.31. The van der Waals surface area contributed by atoms with Crippen LogP contribution >= 0.6 is 0 Å². The number of alkyl halides is 3. The van der Waals surface area contributed by atoms with Crippen LogP contribution in [0.15, 0.2) is 35.4 Å². The first-order valence-electron chi connectivity index (χ1n) is 5.60. The van der Waals surface area contributed by atoms with Crippen LogP contribution in [-0.2, 0) is 4.74 Å². The molecule has 1 aromatic rings. The van der Waals surface area contributed by atoms with E-state index in [1.54, 1.807) is 18.2 Å². The van der Waals surface area contributed by atoms with Crippen molar-refractivity contribution in [2.75, 3.05) is 7.11 Å². The molecular formula is C12H11F3N2O3. The molecule has 1 amide bonds. The second kappa shape index (κ2) is 4.78. The third-order valence-corrected chi connectivity index (χ3v) is 2.89. The third kappa shape index (κ3) is 2.22. The predicted molar refractivity (Wildman–Crippen MR) is 62.8 cm³/mol. The van der Waals surface area contributed by atoms with Gasteiger partial charge in [0, 0.05) is 0 Å². The van der Waals surface area contributed by atoms with Crippen LogP contribution < -0.4 is 0 Å². The molecule has 0 unspecified atom stereocenters. The zero-order chi connectivity index (χ0) is 15.0. The Kier molecular flexibility index (Phi) is 3.43.